The van der Waals surface area contributed by atoms with Gasteiger partial charge in [0.25, 0.3) is 0 Å². The highest BCUT2D eigenvalue weighted by molar-refractivity contribution is 5.67. The van der Waals surface area contributed by atoms with Gasteiger partial charge in [-0.25, -0.2) is 4.79 Å². The fraction of sp³-hybridized carbons (Fsp3) is 0.833. The zero-order valence-corrected chi connectivity index (χ0v) is 10.9. The summed E-state index contributed by atoms with van der Waals surface area (Å²) in [7, 11) is 0. The molecule has 0 atom stereocenters. The molecule has 5 nitrogen and oxygen atoms in total. The van der Waals surface area contributed by atoms with E-state index in [1.807, 2.05) is 20.8 Å². The largest absolute Gasteiger partial charge is 0.481 e. The molecular weight excluding hydrogens is 222 g/mol. The molecule has 0 aliphatic carbocycles. The minimum atomic E-state index is -0.753. The molecule has 0 aromatic heterocycles. The van der Waals surface area contributed by atoms with Crippen LogP contribution in [-0.4, -0.2) is 29.3 Å². The molecule has 0 aliphatic rings. The van der Waals surface area contributed by atoms with Crippen molar-refractivity contribution in [2.24, 2.45) is 0 Å². The lowest BCUT2D eigenvalue weighted by Crippen LogP contribution is -2.32. The second-order valence-corrected chi connectivity index (χ2v) is 4.99. The quantitative estimate of drug-likeness (QED) is 0.676. The van der Waals surface area contributed by atoms with Crippen LogP contribution in [0.5, 0.6) is 0 Å². The number of rotatable bonds is 7. The van der Waals surface area contributed by atoms with Gasteiger partial charge in [-0.15, -0.1) is 0 Å². The Hall–Kier alpha value is -1.26. The number of ether oxygens (including phenoxy) is 1. The summed E-state index contributed by atoms with van der Waals surface area (Å²) in [5.41, 5.74) is -0.467. The summed E-state index contributed by atoms with van der Waals surface area (Å²) in [5, 5.41) is 11.1. The Morgan fingerprint density at radius 3 is 2.24 bits per heavy atom. The predicted octanol–water partition coefficient (Wildman–Crippen LogP) is 2.55. The number of carboxylic acids is 1. The summed E-state index contributed by atoms with van der Waals surface area (Å²) in [4.78, 5) is 21.5. The summed E-state index contributed by atoms with van der Waals surface area (Å²) in [6.07, 6.45) is 3.16. The fourth-order valence-corrected chi connectivity index (χ4v) is 1.26. The van der Waals surface area contributed by atoms with Crippen molar-refractivity contribution >= 4 is 12.1 Å². The van der Waals surface area contributed by atoms with Crippen molar-refractivity contribution in [3.63, 3.8) is 0 Å². The molecule has 5 heteroatoms. The number of amides is 1. The van der Waals surface area contributed by atoms with E-state index in [0.29, 0.717) is 13.0 Å². The first-order valence-corrected chi connectivity index (χ1v) is 6.00. The van der Waals surface area contributed by atoms with Gasteiger partial charge >= 0.3 is 12.1 Å². The summed E-state index contributed by atoms with van der Waals surface area (Å²) in [5.74, 6) is -0.753. The van der Waals surface area contributed by atoms with Crippen molar-refractivity contribution < 1.29 is 19.4 Å². The lowest BCUT2D eigenvalue weighted by atomic mass is 10.1. The molecular formula is C12H23NO4. The zero-order chi connectivity index (χ0) is 13.3. The van der Waals surface area contributed by atoms with E-state index in [2.05, 4.69) is 5.32 Å². The second kappa shape index (κ2) is 7.92. The van der Waals surface area contributed by atoms with Gasteiger partial charge in [-0.2, -0.15) is 0 Å². The van der Waals surface area contributed by atoms with Crippen LogP contribution in [0.15, 0.2) is 0 Å². The van der Waals surface area contributed by atoms with E-state index in [9.17, 15) is 9.59 Å². The van der Waals surface area contributed by atoms with Crippen LogP contribution < -0.4 is 5.32 Å². The zero-order valence-electron chi connectivity index (χ0n) is 10.9. The number of carboxylic acid groups (broad SMARTS) is 1. The molecule has 0 fully saturated rings. The standard InChI is InChI=1S/C12H23NO4/c1-12(2,3)17-11(16)13-9-7-5-4-6-8-10(14)15/h4-9H2,1-3H3,(H,13,16)(H,14,15). The maximum absolute atomic E-state index is 11.2. The van der Waals surface area contributed by atoms with Crippen LogP contribution in [0.2, 0.25) is 0 Å². The van der Waals surface area contributed by atoms with Crippen LogP contribution in [0.1, 0.15) is 52.9 Å². The molecule has 17 heavy (non-hydrogen) atoms. The average Bonchev–Trinajstić information content (AvgIpc) is 2.12. The molecule has 0 saturated carbocycles. The number of carbonyl (C=O) groups excluding carboxylic acids is 1. The van der Waals surface area contributed by atoms with Crippen molar-refractivity contribution in [2.45, 2.75) is 58.5 Å². The van der Waals surface area contributed by atoms with Gasteiger partial charge in [0.05, 0.1) is 0 Å². The molecule has 0 spiro atoms. The Balaban J connectivity index is 3.34. The highest BCUT2D eigenvalue weighted by Gasteiger charge is 2.15. The maximum atomic E-state index is 11.2. The van der Waals surface area contributed by atoms with Gasteiger partial charge in [-0.3, -0.25) is 4.79 Å². The molecule has 0 aliphatic heterocycles. The van der Waals surface area contributed by atoms with Gasteiger partial charge in [-0.05, 0) is 33.6 Å². The number of carbonyl (C=O) groups is 2. The molecule has 0 aromatic carbocycles. The minimum absolute atomic E-state index is 0.222. The van der Waals surface area contributed by atoms with E-state index >= 15 is 0 Å². The first-order chi connectivity index (χ1) is 7.81. The maximum Gasteiger partial charge on any atom is 0.407 e. The number of aliphatic carboxylic acids is 1. The van der Waals surface area contributed by atoms with E-state index in [1.54, 1.807) is 0 Å². The Labute approximate surface area is 103 Å². The van der Waals surface area contributed by atoms with Gasteiger partial charge in [-0.1, -0.05) is 12.8 Å². The Morgan fingerprint density at radius 2 is 1.71 bits per heavy atom. The van der Waals surface area contributed by atoms with Gasteiger partial charge in [0, 0.05) is 13.0 Å². The van der Waals surface area contributed by atoms with E-state index in [1.165, 1.54) is 0 Å². The molecule has 0 radical (unpaired) electrons. The molecule has 2 N–H and O–H groups in total. The fourth-order valence-electron chi connectivity index (χ4n) is 1.26. The number of unbranched alkanes of at least 4 members (excludes halogenated alkanes) is 3. The Bertz CT molecular complexity index is 245. The van der Waals surface area contributed by atoms with Crippen molar-refractivity contribution in [3.8, 4) is 0 Å². The summed E-state index contributed by atoms with van der Waals surface area (Å²) in [6, 6.07) is 0. The molecule has 100 valence electrons. The molecule has 0 rings (SSSR count). The average molecular weight is 245 g/mol. The van der Waals surface area contributed by atoms with Crippen LogP contribution in [0.3, 0.4) is 0 Å². The molecule has 0 heterocycles. The van der Waals surface area contributed by atoms with Gasteiger partial charge in [0.15, 0.2) is 0 Å². The molecule has 0 saturated heterocycles. The Kier molecular flexibility index (Phi) is 7.34. The van der Waals surface area contributed by atoms with Crippen LogP contribution in [0, 0.1) is 0 Å². The molecule has 1 amide bonds. The third-order valence-electron chi connectivity index (χ3n) is 1.99. The smallest absolute Gasteiger partial charge is 0.407 e. The van der Waals surface area contributed by atoms with Crippen LogP contribution in [-0.2, 0) is 9.53 Å². The Morgan fingerprint density at radius 1 is 1.12 bits per heavy atom. The van der Waals surface area contributed by atoms with E-state index in [4.69, 9.17) is 9.84 Å². The van der Waals surface area contributed by atoms with E-state index < -0.39 is 17.7 Å². The van der Waals surface area contributed by atoms with Gasteiger partial charge in [0.2, 0.25) is 0 Å². The molecule has 0 unspecified atom stereocenters. The predicted molar refractivity (Wildman–Crippen MR) is 65.0 cm³/mol. The van der Waals surface area contributed by atoms with Gasteiger partial charge < -0.3 is 15.2 Å². The lowest BCUT2D eigenvalue weighted by molar-refractivity contribution is -0.137. The van der Waals surface area contributed by atoms with Crippen LogP contribution in [0.4, 0.5) is 4.79 Å². The number of hydrogen-bond donors (Lipinski definition) is 2. The van der Waals surface area contributed by atoms with Crippen LogP contribution >= 0.6 is 0 Å². The number of nitrogens with one attached hydrogen (secondary N) is 1. The first kappa shape index (κ1) is 15.7. The first-order valence-electron chi connectivity index (χ1n) is 6.00. The SMILES string of the molecule is CC(C)(C)OC(=O)NCCCCCCC(=O)O. The van der Waals surface area contributed by atoms with Crippen molar-refractivity contribution in [2.75, 3.05) is 6.54 Å². The molecule has 0 bridgehead atoms. The third kappa shape index (κ3) is 12.7. The summed E-state index contributed by atoms with van der Waals surface area (Å²) >= 11 is 0. The van der Waals surface area contributed by atoms with Crippen molar-refractivity contribution in [1.82, 2.24) is 5.32 Å². The van der Waals surface area contributed by atoms with Crippen molar-refractivity contribution in [3.05, 3.63) is 0 Å². The lowest BCUT2D eigenvalue weighted by Gasteiger charge is -2.19. The van der Waals surface area contributed by atoms with E-state index in [-0.39, 0.29) is 6.42 Å². The highest BCUT2D eigenvalue weighted by Crippen LogP contribution is 2.06. The monoisotopic (exact) mass is 245 g/mol. The summed E-state index contributed by atoms with van der Waals surface area (Å²) in [6.45, 7) is 6.03. The highest BCUT2D eigenvalue weighted by atomic mass is 16.6. The second-order valence-electron chi connectivity index (χ2n) is 4.99. The van der Waals surface area contributed by atoms with Crippen LogP contribution in [0.25, 0.3) is 0 Å². The third-order valence-corrected chi connectivity index (χ3v) is 1.99. The number of hydrogen-bond acceptors (Lipinski definition) is 3. The van der Waals surface area contributed by atoms with Gasteiger partial charge in [0.1, 0.15) is 5.60 Å². The number of alkyl carbamates (subject to hydrolysis) is 1. The normalized spacial score (nSPS) is 11.0. The topological polar surface area (TPSA) is 75.6 Å². The van der Waals surface area contributed by atoms with Crippen molar-refractivity contribution in [1.29, 1.82) is 0 Å². The summed E-state index contributed by atoms with van der Waals surface area (Å²) < 4.78 is 5.07. The molecule has 0 aromatic rings. The minimum Gasteiger partial charge on any atom is -0.481 e. The van der Waals surface area contributed by atoms with E-state index in [0.717, 1.165) is 19.3 Å².